The largest absolute Gasteiger partial charge is 0.508 e. The normalized spacial score (nSPS) is 16.1. The molecule has 1 aromatic rings. The standard InChI is InChI=1S/C14H19NO2/c1-2-15(12-7-3-4-8-12)14(17)11-6-5-9-13(16)10-11/h5-6,9-10,12,16H,2-4,7-8H2,1H3. The van der Waals surface area contributed by atoms with Crippen LogP contribution in [0, 0.1) is 0 Å². The van der Waals surface area contributed by atoms with E-state index in [-0.39, 0.29) is 11.7 Å². The number of nitrogens with zero attached hydrogens (tertiary/aromatic N) is 1. The van der Waals surface area contributed by atoms with Crippen LogP contribution in [0.5, 0.6) is 5.75 Å². The van der Waals surface area contributed by atoms with Gasteiger partial charge in [0, 0.05) is 18.2 Å². The van der Waals surface area contributed by atoms with E-state index in [1.165, 1.54) is 12.8 Å². The lowest BCUT2D eigenvalue weighted by Gasteiger charge is -2.27. The van der Waals surface area contributed by atoms with Gasteiger partial charge in [0.1, 0.15) is 5.75 Å². The van der Waals surface area contributed by atoms with E-state index in [9.17, 15) is 9.90 Å². The van der Waals surface area contributed by atoms with E-state index in [1.54, 1.807) is 24.3 Å². The first-order valence-electron chi connectivity index (χ1n) is 6.32. The Morgan fingerprint density at radius 3 is 2.71 bits per heavy atom. The lowest BCUT2D eigenvalue weighted by atomic mass is 10.1. The molecule has 1 aromatic carbocycles. The molecule has 92 valence electrons. The second kappa shape index (κ2) is 5.21. The number of rotatable bonds is 3. The number of hydrogen-bond donors (Lipinski definition) is 1. The molecule has 1 amide bonds. The molecule has 0 atom stereocenters. The number of phenols is 1. The highest BCUT2D eigenvalue weighted by Gasteiger charge is 2.26. The Hall–Kier alpha value is -1.51. The highest BCUT2D eigenvalue weighted by atomic mass is 16.3. The fourth-order valence-electron chi connectivity index (χ4n) is 2.59. The second-order valence-corrected chi connectivity index (χ2v) is 4.58. The Bertz CT molecular complexity index is 397. The molecule has 3 nitrogen and oxygen atoms in total. The van der Waals surface area contributed by atoms with E-state index in [2.05, 4.69) is 0 Å². The van der Waals surface area contributed by atoms with Gasteiger partial charge in [-0.15, -0.1) is 0 Å². The zero-order valence-corrected chi connectivity index (χ0v) is 10.2. The van der Waals surface area contributed by atoms with Crippen molar-refractivity contribution in [3.05, 3.63) is 29.8 Å². The van der Waals surface area contributed by atoms with Crippen molar-refractivity contribution in [2.24, 2.45) is 0 Å². The zero-order chi connectivity index (χ0) is 12.3. The van der Waals surface area contributed by atoms with E-state index in [0.29, 0.717) is 11.6 Å². The third-order valence-corrected chi connectivity index (χ3v) is 3.46. The minimum atomic E-state index is 0.0373. The van der Waals surface area contributed by atoms with Gasteiger partial charge >= 0.3 is 0 Å². The molecule has 3 heteroatoms. The second-order valence-electron chi connectivity index (χ2n) is 4.58. The smallest absolute Gasteiger partial charge is 0.254 e. The van der Waals surface area contributed by atoms with Crippen LogP contribution in [-0.4, -0.2) is 28.5 Å². The molecule has 17 heavy (non-hydrogen) atoms. The summed E-state index contributed by atoms with van der Waals surface area (Å²) < 4.78 is 0. The Morgan fingerprint density at radius 2 is 2.12 bits per heavy atom. The maximum absolute atomic E-state index is 12.3. The molecule has 1 fully saturated rings. The molecule has 1 N–H and O–H groups in total. The quantitative estimate of drug-likeness (QED) is 0.872. The summed E-state index contributed by atoms with van der Waals surface area (Å²) in [6.07, 6.45) is 4.65. The third-order valence-electron chi connectivity index (χ3n) is 3.46. The Morgan fingerprint density at radius 1 is 1.41 bits per heavy atom. The van der Waals surface area contributed by atoms with Crippen LogP contribution in [0.3, 0.4) is 0 Å². The van der Waals surface area contributed by atoms with Crippen LogP contribution in [-0.2, 0) is 0 Å². The lowest BCUT2D eigenvalue weighted by Crippen LogP contribution is -2.38. The summed E-state index contributed by atoms with van der Waals surface area (Å²) in [6, 6.07) is 6.99. The fraction of sp³-hybridized carbons (Fsp3) is 0.500. The summed E-state index contributed by atoms with van der Waals surface area (Å²) in [4.78, 5) is 14.3. The number of carbonyl (C=O) groups excluding carboxylic acids is 1. The predicted molar refractivity (Wildman–Crippen MR) is 67.1 cm³/mol. The SMILES string of the molecule is CCN(C(=O)c1cccc(O)c1)C1CCCC1. The van der Waals surface area contributed by atoms with Crippen molar-refractivity contribution >= 4 is 5.91 Å². The average Bonchev–Trinajstić information content (AvgIpc) is 2.83. The first-order chi connectivity index (χ1) is 8.22. The molecule has 0 unspecified atom stereocenters. The third kappa shape index (κ3) is 2.60. The Labute approximate surface area is 102 Å². The molecule has 0 bridgehead atoms. The monoisotopic (exact) mass is 233 g/mol. The maximum atomic E-state index is 12.3. The van der Waals surface area contributed by atoms with Crippen molar-refractivity contribution in [3.63, 3.8) is 0 Å². The number of aromatic hydroxyl groups is 1. The van der Waals surface area contributed by atoms with Crippen LogP contribution in [0.25, 0.3) is 0 Å². The van der Waals surface area contributed by atoms with Gasteiger partial charge in [-0.05, 0) is 38.0 Å². The van der Waals surface area contributed by atoms with Gasteiger partial charge in [-0.1, -0.05) is 18.9 Å². The van der Waals surface area contributed by atoms with Crippen LogP contribution < -0.4 is 0 Å². The van der Waals surface area contributed by atoms with Gasteiger partial charge in [0.05, 0.1) is 0 Å². The van der Waals surface area contributed by atoms with Crippen molar-refractivity contribution in [1.82, 2.24) is 4.90 Å². The van der Waals surface area contributed by atoms with E-state index in [0.717, 1.165) is 19.4 Å². The van der Waals surface area contributed by atoms with E-state index < -0.39 is 0 Å². The van der Waals surface area contributed by atoms with Crippen LogP contribution >= 0.6 is 0 Å². The van der Waals surface area contributed by atoms with Crippen LogP contribution in [0.4, 0.5) is 0 Å². The molecule has 0 aromatic heterocycles. The Kier molecular flexibility index (Phi) is 3.67. The fourth-order valence-corrected chi connectivity index (χ4v) is 2.59. The zero-order valence-electron chi connectivity index (χ0n) is 10.2. The molecule has 0 saturated heterocycles. The van der Waals surface area contributed by atoms with Crippen LogP contribution in [0.2, 0.25) is 0 Å². The number of carbonyl (C=O) groups is 1. The van der Waals surface area contributed by atoms with E-state index in [4.69, 9.17) is 0 Å². The number of amides is 1. The molecule has 1 aliphatic rings. The minimum absolute atomic E-state index is 0.0373. The molecular weight excluding hydrogens is 214 g/mol. The summed E-state index contributed by atoms with van der Waals surface area (Å²) in [6.45, 7) is 2.75. The number of hydrogen-bond acceptors (Lipinski definition) is 2. The van der Waals surface area contributed by atoms with Gasteiger partial charge in [-0.25, -0.2) is 0 Å². The highest BCUT2D eigenvalue weighted by Crippen LogP contribution is 2.25. The summed E-state index contributed by atoms with van der Waals surface area (Å²) in [5.41, 5.74) is 0.582. The van der Waals surface area contributed by atoms with E-state index in [1.807, 2.05) is 11.8 Å². The van der Waals surface area contributed by atoms with Gasteiger partial charge in [0.2, 0.25) is 0 Å². The lowest BCUT2D eigenvalue weighted by molar-refractivity contribution is 0.0693. The summed E-state index contributed by atoms with van der Waals surface area (Å²) in [5, 5.41) is 9.41. The minimum Gasteiger partial charge on any atom is -0.508 e. The van der Waals surface area contributed by atoms with Gasteiger partial charge in [0.15, 0.2) is 0 Å². The summed E-state index contributed by atoms with van der Waals surface area (Å²) in [5.74, 6) is 0.189. The molecular formula is C14H19NO2. The van der Waals surface area contributed by atoms with Gasteiger partial charge in [-0.3, -0.25) is 4.79 Å². The molecule has 2 rings (SSSR count). The Balaban J connectivity index is 2.16. The molecule has 1 aliphatic carbocycles. The van der Waals surface area contributed by atoms with Crippen molar-refractivity contribution in [1.29, 1.82) is 0 Å². The molecule has 0 heterocycles. The molecule has 0 spiro atoms. The predicted octanol–water partition coefficient (Wildman–Crippen LogP) is 2.80. The summed E-state index contributed by atoms with van der Waals surface area (Å²) in [7, 11) is 0. The number of phenolic OH excluding ortho intramolecular Hbond substituents is 1. The maximum Gasteiger partial charge on any atom is 0.254 e. The van der Waals surface area contributed by atoms with Gasteiger partial charge < -0.3 is 10.0 Å². The van der Waals surface area contributed by atoms with Crippen molar-refractivity contribution < 1.29 is 9.90 Å². The molecule has 1 saturated carbocycles. The first-order valence-corrected chi connectivity index (χ1v) is 6.32. The topological polar surface area (TPSA) is 40.5 Å². The van der Waals surface area contributed by atoms with Crippen LogP contribution in [0.15, 0.2) is 24.3 Å². The highest BCUT2D eigenvalue weighted by molar-refractivity contribution is 5.94. The van der Waals surface area contributed by atoms with E-state index >= 15 is 0 Å². The molecule has 0 radical (unpaired) electrons. The van der Waals surface area contributed by atoms with Gasteiger partial charge in [-0.2, -0.15) is 0 Å². The number of benzene rings is 1. The van der Waals surface area contributed by atoms with Crippen molar-refractivity contribution in [3.8, 4) is 5.75 Å². The van der Waals surface area contributed by atoms with Crippen LogP contribution in [0.1, 0.15) is 43.0 Å². The van der Waals surface area contributed by atoms with Crippen molar-refractivity contribution in [2.75, 3.05) is 6.54 Å². The van der Waals surface area contributed by atoms with Crippen molar-refractivity contribution in [2.45, 2.75) is 38.6 Å². The first kappa shape index (κ1) is 12.0. The van der Waals surface area contributed by atoms with Gasteiger partial charge in [0.25, 0.3) is 5.91 Å². The summed E-state index contributed by atoms with van der Waals surface area (Å²) >= 11 is 0. The molecule has 0 aliphatic heterocycles. The average molecular weight is 233 g/mol.